The van der Waals surface area contributed by atoms with Gasteiger partial charge in [0.05, 0.1) is 6.61 Å². The van der Waals surface area contributed by atoms with Gasteiger partial charge in [0.25, 0.3) is 0 Å². The van der Waals surface area contributed by atoms with Crippen LogP contribution in [-0.4, -0.2) is 17.8 Å². The van der Waals surface area contributed by atoms with E-state index in [0.717, 1.165) is 12.8 Å². The first-order valence-corrected chi connectivity index (χ1v) is 4.49. The Kier molecular flexibility index (Phi) is 8.07. The average Bonchev–Trinajstić information content (AvgIpc) is 2.10. The summed E-state index contributed by atoms with van der Waals surface area (Å²) in [5.41, 5.74) is 5.49. The second-order valence-electron chi connectivity index (χ2n) is 2.82. The zero-order valence-corrected chi connectivity index (χ0v) is 7.74. The van der Waals surface area contributed by atoms with Crippen LogP contribution in [0.15, 0.2) is 24.3 Å². The van der Waals surface area contributed by atoms with Gasteiger partial charge in [0.15, 0.2) is 0 Å². The van der Waals surface area contributed by atoms with Gasteiger partial charge in [-0.2, -0.15) is 0 Å². The summed E-state index contributed by atoms with van der Waals surface area (Å²) in [6.07, 6.45) is 11.1. The predicted molar refractivity (Wildman–Crippen MR) is 52.9 cm³/mol. The van der Waals surface area contributed by atoms with Gasteiger partial charge >= 0.3 is 0 Å². The molecule has 0 aliphatic heterocycles. The topological polar surface area (TPSA) is 46.2 Å². The summed E-state index contributed by atoms with van der Waals surface area (Å²) >= 11 is 0. The van der Waals surface area contributed by atoms with Crippen molar-refractivity contribution in [2.24, 2.45) is 5.73 Å². The van der Waals surface area contributed by atoms with Crippen molar-refractivity contribution >= 4 is 0 Å². The third-order valence-corrected chi connectivity index (χ3v) is 1.51. The third kappa shape index (κ3) is 7.51. The van der Waals surface area contributed by atoms with Crippen LogP contribution in [0.1, 0.15) is 26.2 Å². The number of aliphatic hydroxyl groups is 1. The van der Waals surface area contributed by atoms with Crippen molar-refractivity contribution in [3.8, 4) is 0 Å². The van der Waals surface area contributed by atoms with Crippen LogP contribution in [0.3, 0.4) is 0 Å². The first-order chi connectivity index (χ1) is 5.81. The lowest BCUT2D eigenvalue weighted by Gasteiger charge is -2.00. The standard InChI is InChI=1S/C10H19NO/c1-2-3-4-5-6-7-8-10(11)9-12/h4-7,10,12H,2-3,8-9,11H2,1H3/b5-4+,7-6+. The second kappa shape index (κ2) is 8.50. The number of rotatable bonds is 6. The Morgan fingerprint density at radius 2 is 2.00 bits per heavy atom. The molecule has 0 aliphatic rings. The highest BCUT2D eigenvalue weighted by molar-refractivity contribution is 5.02. The van der Waals surface area contributed by atoms with Crippen molar-refractivity contribution < 1.29 is 5.11 Å². The van der Waals surface area contributed by atoms with Gasteiger partial charge in [0, 0.05) is 6.04 Å². The van der Waals surface area contributed by atoms with Crippen molar-refractivity contribution in [3.63, 3.8) is 0 Å². The molecule has 1 unspecified atom stereocenters. The summed E-state index contributed by atoms with van der Waals surface area (Å²) in [5, 5.41) is 8.60. The van der Waals surface area contributed by atoms with Gasteiger partial charge in [-0.3, -0.25) is 0 Å². The molecule has 0 saturated heterocycles. The largest absolute Gasteiger partial charge is 0.395 e. The number of hydrogen-bond donors (Lipinski definition) is 2. The van der Waals surface area contributed by atoms with Crippen molar-refractivity contribution in [1.29, 1.82) is 0 Å². The molecule has 0 aliphatic carbocycles. The maximum Gasteiger partial charge on any atom is 0.0585 e. The van der Waals surface area contributed by atoms with Gasteiger partial charge in [-0.1, -0.05) is 37.6 Å². The lowest BCUT2D eigenvalue weighted by Crippen LogP contribution is -2.22. The van der Waals surface area contributed by atoms with Crippen LogP contribution in [0.5, 0.6) is 0 Å². The van der Waals surface area contributed by atoms with Crippen LogP contribution in [0.4, 0.5) is 0 Å². The molecular formula is C10H19NO. The average molecular weight is 169 g/mol. The molecule has 70 valence electrons. The molecule has 12 heavy (non-hydrogen) atoms. The van der Waals surface area contributed by atoms with E-state index in [-0.39, 0.29) is 12.6 Å². The first-order valence-electron chi connectivity index (χ1n) is 4.49. The van der Waals surface area contributed by atoms with E-state index in [2.05, 4.69) is 13.0 Å². The van der Waals surface area contributed by atoms with Gasteiger partial charge in [-0.05, 0) is 12.8 Å². The minimum atomic E-state index is -0.110. The zero-order chi connectivity index (χ0) is 9.23. The summed E-state index contributed by atoms with van der Waals surface area (Å²) in [5.74, 6) is 0. The summed E-state index contributed by atoms with van der Waals surface area (Å²) in [4.78, 5) is 0. The Labute approximate surface area is 74.8 Å². The van der Waals surface area contributed by atoms with Crippen LogP contribution in [0, 0.1) is 0 Å². The van der Waals surface area contributed by atoms with E-state index in [0.29, 0.717) is 0 Å². The fraction of sp³-hybridized carbons (Fsp3) is 0.600. The van der Waals surface area contributed by atoms with Gasteiger partial charge in [0.2, 0.25) is 0 Å². The fourth-order valence-corrected chi connectivity index (χ4v) is 0.748. The van der Waals surface area contributed by atoms with E-state index in [1.165, 1.54) is 6.42 Å². The maximum absolute atomic E-state index is 8.60. The van der Waals surface area contributed by atoms with Gasteiger partial charge in [-0.25, -0.2) is 0 Å². The number of nitrogens with two attached hydrogens (primary N) is 1. The molecule has 0 aromatic carbocycles. The normalized spacial score (nSPS) is 14.6. The Bertz CT molecular complexity index is 141. The summed E-state index contributed by atoms with van der Waals surface area (Å²) in [6.45, 7) is 2.21. The molecule has 0 spiro atoms. The second-order valence-corrected chi connectivity index (χ2v) is 2.82. The highest BCUT2D eigenvalue weighted by atomic mass is 16.3. The lowest BCUT2D eigenvalue weighted by atomic mass is 10.2. The molecule has 0 heterocycles. The van der Waals surface area contributed by atoms with E-state index < -0.39 is 0 Å². The molecule has 0 rings (SSSR count). The molecule has 2 nitrogen and oxygen atoms in total. The Hall–Kier alpha value is -0.600. The summed E-state index contributed by atoms with van der Waals surface area (Å²) in [7, 11) is 0. The maximum atomic E-state index is 8.60. The lowest BCUT2D eigenvalue weighted by molar-refractivity contribution is 0.266. The minimum Gasteiger partial charge on any atom is -0.395 e. The number of allylic oxidation sites excluding steroid dienone is 3. The van der Waals surface area contributed by atoms with Gasteiger partial charge < -0.3 is 10.8 Å². The molecule has 1 atom stereocenters. The highest BCUT2D eigenvalue weighted by Crippen LogP contribution is 1.92. The van der Waals surface area contributed by atoms with Crippen LogP contribution in [-0.2, 0) is 0 Å². The van der Waals surface area contributed by atoms with E-state index in [1.54, 1.807) is 0 Å². The van der Waals surface area contributed by atoms with Crippen molar-refractivity contribution in [2.45, 2.75) is 32.2 Å². The molecule has 0 radical (unpaired) electrons. The molecule has 0 aromatic heterocycles. The number of unbranched alkanes of at least 4 members (excludes halogenated alkanes) is 1. The van der Waals surface area contributed by atoms with E-state index in [4.69, 9.17) is 10.8 Å². The quantitative estimate of drug-likeness (QED) is 0.593. The van der Waals surface area contributed by atoms with Crippen LogP contribution < -0.4 is 5.73 Å². The third-order valence-electron chi connectivity index (χ3n) is 1.51. The van der Waals surface area contributed by atoms with E-state index in [1.807, 2.05) is 18.2 Å². The predicted octanol–water partition coefficient (Wildman–Crippen LogP) is 1.61. The fourth-order valence-electron chi connectivity index (χ4n) is 0.748. The molecular weight excluding hydrogens is 150 g/mol. The number of aliphatic hydroxyl groups excluding tert-OH is 1. The molecule has 0 fully saturated rings. The molecule has 2 heteroatoms. The monoisotopic (exact) mass is 169 g/mol. The van der Waals surface area contributed by atoms with Crippen LogP contribution in [0.25, 0.3) is 0 Å². The Morgan fingerprint density at radius 1 is 1.33 bits per heavy atom. The molecule has 0 bridgehead atoms. The SMILES string of the molecule is CCC/C=C/C=C/CC(N)CO. The number of hydrogen-bond acceptors (Lipinski definition) is 2. The molecule has 0 saturated carbocycles. The summed E-state index contributed by atoms with van der Waals surface area (Å²) in [6, 6.07) is -0.110. The van der Waals surface area contributed by atoms with Crippen molar-refractivity contribution in [1.82, 2.24) is 0 Å². The Balaban J connectivity index is 3.36. The zero-order valence-electron chi connectivity index (χ0n) is 7.74. The smallest absolute Gasteiger partial charge is 0.0585 e. The van der Waals surface area contributed by atoms with E-state index in [9.17, 15) is 0 Å². The van der Waals surface area contributed by atoms with Crippen LogP contribution in [0.2, 0.25) is 0 Å². The minimum absolute atomic E-state index is 0.0585. The van der Waals surface area contributed by atoms with Gasteiger partial charge in [0.1, 0.15) is 0 Å². The molecule has 0 aromatic rings. The molecule has 3 N–H and O–H groups in total. The van der Waals surface area contributed by atoms with Crippen LogP contribution >= 0.6 is 0 Å². The first kappa shape index (κ1) is 11.4. The van der Waals surface area contributed by atoms with E-state index >= 15 is 0 Å². The van der Waals surface area contributed by atoms with Crippen molar-refractivity contribution in [3.05, 3.63) is 24.3 Å². The summed E-state index contributed by atoms with van der Waals surface area (Å²) < 4.78 is 0. The Morgan fingerprint density at radius 3 is 2.58 bits per heavy atom. The highest BCUT2D eigenvalue weighted by Gasteiger charge is 1.93. The molecule has 0 amide bonds. The van der Waals surface area contributed by atoms with Gasteiger partial charge in [-0.15, -0.1) is 0 Å². The van der Waals surface area contributed by atoms with Crippen molar-refractivity contribution in [2.75, 3.05) is 6.61 Å².